The van der Waals surface area contributed by atoms with Crippen molar-refractivity contribution in [2.75, 3.05) is 29.9 Å². The first-order chi connectivity index (χ1) is 19.4. The number of aromatic nitrogens is 3. The van der Waals surface area contributed by atoms with Gasteiger partial charge in [-0.2, -0.15) is 0 Å². The summed E-state index contributed by atoms with van der Waals surface area (Å²) in [6, 6.07) is 14.9. The summed E-state index contributed by atoms with van der Waals surface area (Å²) in [6.07, 6.45) is 5.52. The molecule has 2 aliphatic rings. The van der Waals surface area contributed by atoms with Gasteiger partial charge in [-0.1, -0.05) is 31.5 Å². The number of para-hydroxylation sites is 1. The Balaban J connectivity index is 1.18. The molecular formula is C31H34N6O3. The van der Waals surface area contributed by atoms with E-state index in [1.165, 1.54) is 6.33 Å². The molecule has 40 heavy (non-hydrogen) atoms. The predicted molar refractivity (Wildman–Crippen MR) is 155 cm³/mol. The molecule has 2 amide bonds. The normalized spacial score (nSPS) is 16.1. The second-order valence-electron chi connectivity index (χ2n) is 10.7. The van der Waals surface area contributed by atoms with E-state index in [4.69, 9.17) is 0 Å². The van der Waals surface area contributed by atoms with Crippen LogP contribution in [-0.4, -0.2) is 62.0 Å². The van der Waals surface area contributed by atoms with Crippen LogP contribution in [0.1, 0.15) is 53.5 Å². The molecule has 0 radical (unpaired) electrons. The van der Waals surface area contributed by atoms with Gasteiger partial charge < -0.3 is 24.8 Å². The SMILES string of the molecule is CCCc1c(C(=O)c2cc(N3CCC(N4CCc5cc(O)ccc5NC4=O)CC3)ncn2)c2ccccc2n1C. The quantitative estimate of drug-likeness (QED) is 0.267. The van der Waals surface area contributed by atoms with Crippen LogP contribution in [-0.2, 0) is 19.9 Å². The molecule has 206 valence electrons. The minimum Gasteiger partial charge on any atom is -0.508 e. The summed E-state index contributed by atoms with van der Waals surface area (Å²) in [5.41, 5.74) is 4.90. The number of benzene rings is 2. The maximum Gasteiger partial charge on any atom is 0.322 e. The van der Waals surface area contributed by atoms with Gasteiger partial charge in [-0.05, 0) is 55.5 Å². The number of carbonyl (C=O) groups is 2. The van der Waals surface area contributed by atoms with Crippen LogP contribution in [0.3, 0.4) is 0 Å². The number of phenols is 1. The molecule has 0 bridgehead atoms. The zero-order valence-electron chi connectivity index (χ0n) is 22.9. The van der Waals surface area contributed by atoms with Crippen LogP contribution in [0.25, 0.3) is 10.9 Å². The minimum atomic E-state index is -0.101. The highest BCUT2D eigenvalue weighted by molar-refractivity contribution is 6.17. The fourth-order valence-corrected chi connectivity index (χ4v) is 6.19. The molecule has 1 saturated heterocycles. The Morgan fingerprint density at radius 2 is 1.88 bits per heavy atom. The van der Waals surface area contributed by atoms with Gasteiger partial charge in [0.25, 0.3) is 0 Å². The highest BCUT2D eigenvalue weighted by Crippen LogP contribution is 2.30. The van der Waals surface area contributed by atoms with Crippen LogP contribution in [0.2, 0.25) is 0 Å². The number of fused-ring (bicyclic) bond motifs is 2. The Morgan fingerprint density at radius 3 is 2.67 bits per heavy atom. The number of anilines is 2. The molecule has 0 atom stereocenters. The standard InChI is InChI=1S/C31H34N6O3/c1-3-6-27-29(23-7-4-5-8-26(23)35(27)2)30(39)25-18-28(33-19-32-25)36-14-12-21(13-15-36)37-16-11-20-17-22(38)9-10-24(20)34-31(37)40/h4-5,7-10,17-19,21,38H,3,6,11-16H2,1-2H3,(H,34,40). The van der Waals surface area contributed by atoms with Gasteiger partial charge >= 0.3 is 6.03 Å². The van der Waals surface area contributed by atoms with Crippen molar-refractivity contribution in [2.45, 2.75) is 45.1 Å². The first kappa shape index (κ1) is 25.9. The molecule has 0 unspecified atom stereocenters. The van der Waals surface area contributed by atoms with Gasteiger partial charge in [-0.3, -0.25) is 4.79 Å². The summed E-state index contributed by atoms with van der Waals surface area (Å²) >= 11 is 0. The van der Waals surface area contributed by atoms with Gasteiger partial charge in [0.1, 0.15) is 23.6 Å². The average molecular weight is 539 g/mol. The van der Waals surface area contributed by atoms with Crippen molar-refractivity contribution in [3.63, 3.8) is 0 Å². The third-order valence-electron chi connectivity index (χ3n) is 8.27. The number of amides is 2. The monoisotopic (exact) mass is 538 g/mol. The van der Waals surface area contributed by atoms with E-state index in [1.807, 2.05) is 42.3 Å². The fraction of sp³-hybridized carbons (Fsp3) is 0.355. The fourth-order valence-electron chi connectivity index (χ4n) is 6.19. The number of aromatic hydroxyl groups is 1. The summed E-state index contributed by atoms with van der Waals surface area (Å²) in [4.78, 5) is 39.9. The molecular weight excluding hydrogens is 504 g/mol. The van der Waals surface area contributed by atoms with E-state index >= 15 is 0 Å². The number of piperidine rings is 1. The Morgan fingerprint density at radius 1 is 1.07 bits per heavy atom. The maximum atomic E-state index is 13.9. The van der Waals surface area contributed by atoms with Crippen molar-refractivity contribution in [3.8, 4) is 5.75 Å². The molecule has 2 N–H and O–H groups in total. The lowest BCUT2D eigenvalue weighted by molar-refractivity contribution is 0.103. The lowest BCUT2D eigenvalue weighted by atomic mass is 10.0. The lowest BCUT2D eigenvalue weighted by Gasteiger charge is -2.38. The van der Waals surface area contributed by atoms with E-state index < -0.39 is 0 Å². The Kier molecular flexibility index (Phi) is 6.88. The summed E-state index contributed by atoms with van der Waals surface area (Å²) in [6.45, 7) is 4.17. The number of nitrogens with one attached hydrogen (secondary N) is 1. The number of hydrogen-bond donors (Lipinski definition) is 2. The Labute approximate surface area is 233 Å². The smallest absolute Gasteiger partial charge is 0.322 e. The molecule has 6 rings (SSSR count). The average Bonchev–Trinajstić information content (AvgIpc) is 3.14. The zero-order valence-corrected chi connectivity index (χ0v) is 22.9. The number of urea groups is 1. The molecule has 9 heteroatoms. The largest absolute Gasteiger partial charge is 0.508 e. The number of aryl methyl sites for hydroxylation is 1. The highest BCUT2D eigenvalue weighted by atomic mass is 16.3. The van der Waals surface area contributed by atoms with Crippen molar-refractivity contribution < 1.29 is 14.7 Å². The number of phenolic OH excluding ortho intramolecular Hbond substituents is 1. The predicted octanol–water partition coefficient (Wildman–Crippen LogP) is 4.92. The van der Waals surface area contributed by atoms with E-state index in [-0.39, 0.29) is 23.6 Å². The Hall–Kier alpha value is -4.40. The highest BCUT2D eigenvalue weighted by Gasteiger charge is 2.31. The molecule has 4 aromatic rings. The first-order valence-electron chi connectivity index (χ1n) is 14.0. The lowest BCUT2D eigenvalue weighted by Crippen LogP contribution is -2.49. The summed E-state index contributed by atoms with van der Waals surface area (Å²) < 4.78 is 2.12. The van der Waals surface area contributed by atoms with Crippen molar-refractivity contribution in [1.29, 1.82) is 0 Å². The number of rotatable bonds is 6. The third-order valence-corrected chi connectivity index (χ3v) is 8.27. The van der Waals surface area contributed by atoms with Gasteiger partial charge in [-0.25, -0.2) is 14.8 Å². The topological polar surface area (TPSA) is 104 Å². The molecule has 9 nitrogen and oxygen atoms in total. The molecule has 2 aromatic carbocycles. The van der Waals surface area contributed by atoms with Crippen LogP contribution in [0.15, 0.2) is 54.9 Å². The van der Waals surface area contributed by atoms with Crippen LogP contribution >= 0.6 is 0 Å². The van der Waals surface area contributed by atoms with E-state index in [9.17, 15) is 14.7 Å². The van der Waals surface area contributed by atoms with E-state index in [1.54, 1.807) is 18.2 Å². The molecule has 0 saturated carbocycles. The summed E-state index contributed by atoms with van der Waals surface area (Å²) in [7, 11) is 2.02. The van der Waals surface area contributed by atoms with Gasteiger partial charge in [0, 0.05) is 61.1 Å². The van der Waals surface area contributed by atoms with Gasteiger partial charge in [0.15, 0.2) is 0 Å². The van der Waals surface area contributed by atoms with Crippen LogP contribution < -0.4 is 10.2 Å². The minimum absolute atomic E-state index is 0.0781. The third kappa shape index (κ3) is 4.65. The number of ketones is 1. The van der Waals surface area contributed by atoms with E-state index in [2.05, 4.69) is 31.7 Å². The van der Waals surface area contributed by atoms with Crippen molar-refractivity contribution in [1.82, 2.24) is 19.4 Å². The van der Waals surface area contributed by atoms with Crippen LogP contribution in [0, 0.1) is 0 Å². The Bertz CT molecular complexity index is 1590. The van der Waals surface area contributed by atoms with Crippen molar-refractivity contribution in [2.24, 2.45) is 7.05 Å². The zero-order chi connectivity index (χ0) is 27.8. The van der Waals surface area contributed by atoms with Gasteiger partial charge in [0.05, 0.1) is 5.56 Å². The second-order valence-corrected chi connectivity index (χ2v) is 10.7. The second kappa shape index (κ2) is 10.6. The molecule has 4 heterocycles. The first-order valence-corrected chi connectivity index (χ1v) is 14.0. The molecule has 2 aliphatic heterocycles. The van der Waals surface area contributed by atoms with Gasteiger partial charge in [-0.15, -0.1) is 0 Å². The maximum absolute atomic E-state index is 13.9. The van der Waals surface area contributed by atoms with Crippen molar-refractivity contribution >= 4 is 34.2 Å². The van der Waals surface area contributed by atoms with Crippen LogP contribution in [0.4, 0.5) is 16.3 Å². The number of hydrogen-bond acceptors (Lipinski definition) is 6. The van der Waals surface area contributed by atoms with E-state index in [0.717, 1.165) is 78.0 Å². The van der Waals surface area contributed by atoms with Crippen molar-refractivity contribution in [3.05, 3.63) is 77.4 Å². The molecule has 0 spiro atoms. The number of carbonyl (C=O) groups excluding carboxylic acids is 2. The van der Waals surface area contributed by atoms with Gasteiger partial charge in [0.2, 0.25) is 5.78 Å². The molecule has 0 aliphatic carbocycles. The summed E-state index contributed by atoms with van der Waals surface area (Å²) in [5.74, 6) is 0.863. The molecule has 1 fully saturated rings. The van der Waals surface area contributed by atoms with E-state index in [0.29, 0.717) is 18.7 Å². The van der Waals surface area contributed by atoms with Crippen LogP contribution in [0.5, 0.6) is 5.75 Å². The molecule has 2 aromatic heterocycles. The summed E-state index contributed by atoms with van der Waals surface area (Å²) in [5, 5.41) is 13.8. The number of nitrogens with zero attached hydrogens (tertiary/aromatic N) is 5.